The summed E-state index contributed by atoms with van der Waals surface area (Å²) in [5.41, 5.74) is 0.802. The van der Waals surface area contributed by atoms with Crippen LogP contribution in [-0.4, -0.2) is 6.54 Å². The van der Waals surface area contributed by atoms with E-state index in [4.69, 9.17) is 11.6 Å². The van der Waals surface area contributed by atoms with Crippen LogP contribution in [0.1, 0.15) is 32.6 Å². The summed E-state index contributed by atoms with van der Waals surface area (Å²) in [5, 5.41) is 3.79. The summed E-state index contributed by atoms with van der Waals surface area (Å²) in [5.74, 6) is 1.20. The van der Waals surface area contributed by atoms with E-state index in [1.165, 1.54) is 37.8 Å². The molecule has 2 rings (SSSR count). The van der Waals surface area contributed by atoms with Gasteiger partial charge in [0.25, 0.3) is 0 Å². The first-order valence-corrected chi connectivity index (χ1v) is 7.61. The van der Waals surface area contributed by atoms with Crippen molar-refractivity contribution in [3.8, 4) is 0 Å². The second-order valence-corrected chi connectivity index (χ2v) is 6.52. The van der Waals surface area contributed by atoms with E-state index in [0.29, 0.717) is 15.4 Å². The highest BCUT2D eigenvalue weighted by atomic mass is 79.9. The molecule has 0 radical (unpaired) electrons. The van der Waals surface area contributed by atoms with Crippen molar-refractivity contribution in [1.29, 1.82) is 0 Å². The predicted octanol–water partition coefficient (Wildman–Crippen LogP) is 5.48. The molecule has 1 aromatic rings. The number of anilines is 1. The third kappa shape index (κ3) is 3.61. The molecular formula is C14H18BrClFN. The van der Waals surface area contributed by atoms with E-state index < -0.39 is 0 Å². The Bertz CT molecular complexity index is 401. The van der Waals surface area contributed by atoms with Crippen molar-refractivity contribution in [1.82, 2.24) is 0 Å². The van der Waals surface area contributed by atoms with Crippen molar-refractivity contribution in [3.63, 3.8) is 0 Å². The predicted molar refractivity (Wildman–Crippen MR) is 78.7 cm³/mol. The van der Waals surface area contributed by atoms with Crippen LogP contribution in [0.3, 0.4) is 0 Å². The average Bonchev–Trinajstić information content (AvgIpc) is 2.27. The highest BCUT2D eigenvalue weighted by Gasteiger charge is 2.19. The second-order valence-electron chi connectivity index (χ2n) is 5.26. The van der Waals surface area contributed by atoms with Crippen LogP contribution in [0.25, 0.3) is 0 Å². The van der Waals surface area contributed by atoms with Crippen molar-refractivity contribution in [3.05, 3.63) is 27.4 Å². The summed E-state index contributed by atoms with van der Waals surface area (Å²) < 4.78 is 13.8. The molecule has 4 heteroatoms. The molecule has 0 spiro atoms. The topological polar surface area (TPSA) is 12.0 Å². The molecule has 2 atom stereocenters. The van der Waals surface area contributed by atoms with Gasteiger partial charge in [0.15, 0.2) is 0 Å². The van der Waals surface area contributed by atoms with Crippen LogP contribution in [0.2, 0.25) is 5.02 Å². The van der Waals surface area contributed by atoms with Crippen LogP contribution >= 0.6 is 27.5 Å². The van der Waals surface area contributed by atoms with Gasteiger partial charge in [-0.05, 0) is 52.7 Å². The van der Waals surface area contributed by atoms with Crippen molar-refractivity contribution in [2.45, 2.75) is 32.6 Å². The molecule has 0 bridgehead atoms. The van der Waals surface area contributed by atoms with Crippen molar-refractivity contribution in [2.75, 3.05) is 11.9 Å². The standard InChI is InChI=1S/C14H18BrClFN/c1-9-3-2-4-10(5-9)8-18-14-12(15)6-11(17)7-13(14)16/h6-7,9-10,18H,2-5,8H2,1H3. The molecule has 1 fully saturated rings. The summed E-state index contributed by atoms with van der Waals surface area (Å²) in [4.78, 5) is 0. The molecule has 0 aromatic heterocycles. The lowest BCUT2D eigenvalue weighted by Gasteiger charge is -2.27. The lowest BCUT2D eigenvalue weighted by molar-refractivity contribution is 0.293. The fourth-order valence-electron chi connectivity index (χ4n) is 2.70. The van der Waals surface area contributed by atoms with E-state index in [0.717, 1.165) is 18.2 Å². The van der Waals surface area contributed by atoms with E-state index >= 15 is 0 Å². The van der Waals surface area contributed by atoms with Gasteiger partial charge in [-0.3, -0.25) is 0 Å². The summed E-state index contributed by atoms with van der Waals surface area (Å²) >= 11 is 9.40. The highest BCUT2D eigenvalue weighted by Crippen LogP contribution is 2.33. The monoisotopic (exact) mass is 333 g/mol. The first kappa shape index (κ1) is 14.1. The number of benzene rings is 1. The summed E-state index contributed by atoms with van der Waals surface area (Å²) in [6, 6.07) is 2.79. The Morgan fingerprint density at radius 1 is 1.44 bits per heavy atom. The maximum atomic E-state index is 13.1. The highest BCUT2D eigenvalue weighted by molar-refractivity contribution is 9.10. The third-order valence-corrected chi connectivity index (χ3v) is 4.54. The fourth-order valence-corrected chi connectivity index (χ4v) is 3.66. The number of hydrogen-bond donors (Lipinski definition) is 1. The van der Waals surface area contributed by atoms with E-state index in [1.54, 1.807) is 0 Å². The lowest BCUT2D eigenvalue weighted by Crippen LogP contribution is -2.21. The number of rotatable bonds is 3. The molecular weight excluding hydrogens is 317 g/mol. The first-order valence-electron chi connectivity index (χ1n) is 6.44. The normalized spacial score (nSPS) is 24.0. The Morgan fingerprint density at radius 3 is 2.89 bits per heavy atom. The molecule has 100 valence electrons. The Labute approximate surface area is 121 Å². The van der Waals surface area contributed by atoms with E-state index in [2.05, 4.69) is 28.2 Å². The first-order chi connectivity index (χ1) is 8.56. The van der Waals surface area contributed by atoms with Gasteiger partial charge in [0.2, 0.25) is 0 Å². The number of hydrogen-bond acceptors (Lipinski definition) is 1. The molecule has 1 aliphatic rings. The number of halogens is 3. The second kappa shape index (κ2) is 6.25. The van der Waals surface area contributed by atoms with Crippen molar-refractivity contribution in [2.24, 2.45) is 11.8 Å². The molecule has 0 heterocycles. The lowest BCUT2D eigenvalue weighted by atomic mass is 9.82. The minimum Gasteiger partial charge on any atom is -0.383 e. The van der Waals surface area contributed by atoms with Crippen molar-refractivity contribution < 1.29 is 4.39 Å². The van der Waals surface area contributed by atoms with Gasteiger partial charge in [-0.1, -0.05) is 31.4 Å². The quantitative estimate of drug-likeness (QED) is 0.771. The Hall–Kier alpha value is -0.280. The van der Waals surface area contributed by atoms with Crippen molar-refractivity contribution >= 4 is 33.2 Å². The molecule has 0 saturated heterocycles. The molecule has 1 N–H and O–H groups in total. The molecule has 1 aliphatic carbocycles. The van der Waals surface area contributed by atoms with Gasteiger partial charge in [-0.25, -0.2) is 4.39 Å². The average molecular weight is 335 g/mol. The van der Waals surface area contributed by atoms with Gasteiger partial charge in [0, 0.05) is 11.0 Å². The summed E-state index contributed by atoms with van der Waals surface area (Å²) in [7, 11) is 0. The van der Waals surface area contributed by atoms with Crippen LogP contribution < -0.4 is 5.32 Å². The molecule has 0 aliphatic heterocycles. The van der Waals surface area contributed by atoms with E-state index in [-0.39, 0.29) is 5.82 Å². The maximum absolute atomic E-state index is 13.1. The minimum atomic E-state index is -0.316. The van der Waals surface area contributed by atoms with Crippen LogP contribution in [0.15, 0.2) is 16.6 Å². The summed E-state index contributed by atoms with van der Waals surface area (Å²) in [6.45, 7) is 3.22. The number of nitrogens with one attached hydrogen (secondary N) is 1. The van der Waals surface area contributed by atoms with E-state index in [9.17, 15) is 4.39 Å². The van der Waals surface area contributed by atoms with Gasteiger partial charge >= 0.3 is 0 Å². The Kier molecular flexibility index (Phi) is 4.91. The minimum absolute atomic E-state index is 0.316. The van der Waals surface area contributed by atoms with Gasteiger partial charge in [0.1, 0.15) is 5.82 Å². The van der Waals surface area contributed by atoms with Gasteiger partial charge in [0.05, 0.1) is 10.7 Å². The molecule has 18 heavy (non-hydrogen) atoms. The molecule has 2 unspecified atom stereocenters. The smallest absolute Gasteiger partial charge is 0.125 e. The maximum Gasteiger partial charge on any atom is 0.125 e. The molecule has 1 aromatic carbocycles. The van der Waals surface area contributed by atoms with Gasteiger partial charge in [-0.2, -0.15) is 0 Å². The largest absolute Gasteiger partial charge is 0.383 e. The van der Waals surface area contributed by atoms with Gasteiger partial charge in [-0.15, -0.1) is 0 Å². The third-order valence-electron chi connectivity index (χ3n) is 3.62. The Morgan fingerprint density at radius 2 is 2.22 bits per heavy atom. The van der Waals surface area contributed by atoms with Gasteiger partial charge < -0.3 is 5.32 Å². The molecule has 1 nitrogen and oxygen atoms in total. The molecule has 1 saturated carbocycles. The van der Waals surface area contributed by atoms with Crippen LogP contribution in [-0.2, 0) is 0 Å². The van der Waals surface area contributed by atoms with Crippen LogP contribution in [0.4, 0.5) is 10.1 Å². The van der Waals surface area contributed by atoms with Crippen LogP contribution in [0.5, 0.6) is 0 Å². The molecule has 0 amide bonds. The fraction of sp³-hybridized carbons (Fsp3) is 0.571. The SMILES string of the molecule is CC1CCCC(CNc2c(Cl)cc(F)cc2Br)C1. The zero-order chi connectivity index (χ0) is 13.1. The zero-order valence-electron chi connectivity index (χ0n) is 10.5. The van der Waals surface area contributed by atoms with E-state index in [1.807, 2.05) is 0 Å². The summed E-state index contributed by atoms with van der Waals surface area (Å²) in [6.07, 6.45) is 5.19. The van der Waals surface area contributed by atoms with Crippen LogP contribution in [0, 0.1) is 17.7 Å². The zero-order valence-corrected chi connectivity index (χ0v) is 12.8. The Balaban J connectivity index is 1.97.